The molecule has 0 N–H and O–H groups in total. The van der Waals surface area contributed by atoms with Gasteiger partial charge in [0.15, 0.2) is 0 Å². The van der Waals surface area contributed by atoms with Gasteiger partial charge in [0, 0.05) is 13.5 Å². The lowest BCUT2D eigenvalue weighted by Gasteiger charge is -2.22. The van der Waals surface area contributed by atoms with Gasteiger partial charge in [0.25, 0.3) is 0 Å². The minimum atomic E-state index is 0.644. The van der Waals surface area contributed by atoms with Crippen molar-refractivity contribution in [2.75, 3.05) is 13.7 Å². The van der Waals surface area contributed by atoms with E-state index in [-0.39, 0.29) is 0 Å². The second kappa shape index (κ2) is 7.34. The predicted molar refractivity (Wildman–Crippen MR) is 78.1 cm³/mol. The zero-order chi connectivity index (χ0) is 13.5. The summed E-state index contributed by atoms with van der Waals surface area (Å²) in [4.78, 5) is 0. The Balaban J connectivity index is 1.91. The van der Waals surface area contributed by atoms with E-state index in [9.17, 15) is 0 Å². The van der Waals surface area contributed by atoms with Crippen LogP contribution >= 0.6 is 0 Å². The van der Waals surface area contributed by atoms with Gasteiger partial charge in [0.1, 0.15) is 0 Å². The van der Waals surface area contributed by atoms with Crippen molar-refractivity contribution in [3.05, 3.63) is 47.2 Å². The van der Waals surface area contributed by atoms with Crippen molar-refractivity contribution in [1.82, 2.24) is 0 Å². The van der Waals surface area contributed by atoms with Crippen molar-refractivity contribution in [2.45, 2.75) is 45.1 Å². The largest absolute Gasteiger partial charge is 0.498 e. The Kier molecular flexibility index (Phi) is 5.46. The predicted octanol–water partition coefficient (Wildman–Crippen LogP) is 4.41. The molecule has 0 aliphatic heterocycles. The van der Waals surface area contributed by atoms with Gasteiger partial charge in [-0.05, 0) is 42.4 Å². The lowest BCUT2D eigenvalue weighted by molar-refractivity contribution is 0.185. The van der Waals surface area contributed by atoms with Gasteiger partial charge in [-0.1, -0.05) is 31.2 Å². The molecular weight excluding hydrogens is 236 g/mol. The molecule has 0 radical (unpaired) electrons. The van der Waals surface area contributed by atoms with Crippen LogP contribution in [0.25, 0.3) is 0 Å². The van der Waals surface area contributed by atoms with Crippen LogP contribution in [0, 0.1) is 0 Å². The molecule has 1 aromatic carbocycles. The fraction of sp³-hybridized carbons (Fsp3) is 0.529. The van der Waals surface area contributed by atoms with Gasteiger partial charge in [-0.2, -0.15) is 0 Å². The SMILES string of the molecule is CCCOC1=CCC(c2ccc(COC)cc2)CC1. The molecule has 1 aliphatic rings. The highest BCUT2D eigenvalue weighted by atomic mass is 16.5. The van der Waals surface area contributed by atoms with E-state index in [4.69, 9.17) is 9.47 Å². The van der Waals surface area contributed by atoms with Crippen LogP contribution in [0.1, 0.15) is 49.7 Å². The third-order valence-electron chi connectivity index (χ3n) is 3.62. The highest BCUT2D eigenvalue weighted by Crippen LogP contribution is 2.32. The maximum Gasteiger partial charge on any atom is 0.0920 e. The molecule has 0 bridgehead atoms. The van der Waals surface area contributed by atoms with Crippen LogP contribution in [0.5, 0.6) is 0 Å². The first kappa shape index (κ1) is 14.1. The molecule has 104 valence electrons. The Bertz CT molecular complexity index is 406. The van der Waals surface area contributed by atoms with Crippen LogP contribution in [0.4, 0.5) is 0 Å². The zero-order valence-corrected chi connectivity index (χ0v) is 12.0. The van der Waals surface area contributed by atoms with Gasteiger partial charge in [0.2, 0.25) is 0 Å². The van der Waals surface area contributed by atoms with Crippen molar-refractivity contribution in [1.29, 1.82) is 0 Å². The van der Waals surface area contributed by atoms with E-state index in [2.05, 4.69) is 37.3 Å². The minimum Gasteiger partial charge on any atom is -0.498 e. The van der Waals surface area contributed by atoms with Crippen molar-refractivity contribution < 1.29 is 9.47 Å². The summed E-state index contributed by atoms with van der Waals surface area (Å²) in [5.74, 6) is 1.83. The molecule has 2 rings (SSSR count). The fourth-order valence-corrected chi connectivity index (χ4v) is 2.53. The lowest BCUT2D eigenvalue weighted by atomic mass is 9.87. The summed E-state index contributed by atoms with van der Waals surface area (Å²) in [6.45, 7) is 3.69. The number of allylic oxidation sites excluding steroid dienone is 2. The normalized spacial score (nSPS) is 19.1. The second-order valence-electron chi connectivity index (χ2n) is 5.16. The summed E-state index contributed by atoms with van der Waals surface area (Å²) >= 11 is 0. The molecule has 0 saturated heterocycles. The molecule has 2 heteroatoms. The van der Waals surface area contributed by atoms with Gasteiger partial charge in [0.05, 0.1) is 19.0 Å². The highest BCUT2D eigenvalue weighted by molar-refractivity contribution is 5.26. The molecule has 0 fully saturated rings. The van der Waals surface area contributed by atoms with Gasteiger partial charge < -0.3 is 9.47 Å². The van der Waals surface area contributed by atoms with Gasteiger partial charge in [-0.15, -0.1) is 0 Å². The number of rotatable bonds is 6. The number of ether oxygens (including phenoxy) is 2. The van der Waals surface area contributed by atoms with E-state index in [1.807, 2.05) is 0 Å². The summed E-state index contributed by atoms with van der Waals surface area (Å²) in [5.41, 5.74) is 2.68. The fourth-order valence-electron chi connectivity index (χ4n) is 2.53. The van der Waals surface area contributed by atoms with E-state index in [1.165, 1.54) is 23.3 Å². The number of hydrogen-bond donors (Lipinski definition) is 0. The maximum atomic E-state index is 5.71. The molecule has 0 heterocycles. The van der Waals surface area contributed by atoms with E-state index in [0.29, 0.717) is 12.5 Å². The van der Waals surface area contributed by atoms with Gasteiger partial charge >= 0.3 is 0 Å². The average Bonchev–Trinajstić information content (AvgIpc) is 2.47. The van der Waals surface area contributed by atoms with E-state index in [1.54, 1.807) is 7.11 Å². The van der Waals surface area contributed by atoms with E-state index < -0.39 is 0 Å². The molecule has 0 aromatic heterocycles. The van der Waals surface area contributed by atoms with Crippen LogP contribution in [0.15, 0.2) is 36.1 Å². The van der Waals surface area contributed by atoms with Crippen LogP contribution in [-0.4, -0.2) is 13.7 Å². The number of benzene rings is 1. The first-order valence-electron chi connectivity index (χ1n) is 7.23. The monoisotopic (exact) mass is 260 g/mol. The van der Waals surface area contributed by atoms with Crippen molar-refractivity contribution in [3.63, 3.8) is 0 Å². The summed E-state index contributed by atoms with van der Waals surface area (Å²) < 4.78 is 10.9. The van der Waals surface area contributed by atoms with E-state index >= 15 is 0 Å². The Hall–Kier alpha value is -1.28. The smallest absolute Gasteiger partial charge is 0.0920 e. The molecule has 1 aliphatic carbocycles. The molecular formula is C17H24O2. The summed E-state index contributed by atoms with van der Waals surface area (Å²) in [6.07, 6.45) is 6.72. The average molecular weight is 260 g/mol. The Morgan fingerprint density at radius 2 is 2.00 bits per heavy atom. The zero-order valence-electron chi connectivity index (χ0n) is 12.0. The molecule has 19 heavy (non-hydrogen) atoms. The maximum absolute atomic E-state index is 5.71. The summed E-state index contributed by atoms with van der Waals surface area (Å²) in [6, 6.07) is 8.83. The molecule has 1 unspecified atom stereocenters. The van der Waals surface area contributed by atoms with Crippen LogP contribution in [-0.2, 0) is 16.1 Å². The molecule has 2 nitrogen and oxygen atoms in total. The minimum absolute atomic E-state index is 0.644. The molecule has 1 atom stereocenters. The molecule has 0 amide bonds. The van der Waals surface area contributed by atoms with Crippen molar-refractivity contribution in [2.24, 2.45) is 0 Å². The highest BCUT2D eigenvalue weighted by Gasteiger charge is 2.16. The van der Waals surface area contributed by atoms with Crippen LogP contribution in [0.3, 0.4) is 0 Å². The van der Waals surface area contributed by atoms with Gasteiger partial charge in [-0.3, -0.25) is 0 Å². The first-order chi connectivity index (χ1) is 9.33. The Morgan fingerprint density at radius 3 is 2.58 bits per heavy atom. The van der Waals surface area contributed by atoms with Crippen molar-refractivity contribution in [3.8, 4) is 0 Å². The third kappa shape index (κ3) is 4.10. The Morgan fingerprint density at radius 1 is 1.21 bits per heavy atom. The van der Waals surface area contributed by atoms with E-state index in [0.717, 1.165) is 25.9 Å². The van der Waals surface area contributed by atoms with Crippen LogP contribution in [0.2, 0.25) is 0 Å². The molecule has 1 aromatic rings. The van der Waals surface area contributed by atoms with Gasteiger partial charge in [-0.25, -0.2) is 0 Å². The standard InChI is InChI=1S/C17H24O2/c1-3-12-19-17-10-8-16(9-11-17)15-6-4-14(5-7-15)13-18-2/h4-7,10,16H,3,8-9,11-13H2,1-2H3. The van der Waals surface area contributed by atoms with Crippen molar-refractivity contribution >= 4 is 0 Å². The second-order valence-corrected chi connectivity index (χ2v) is 5.16. The summed E-state index contributed by atoms with van der Waals surface area (Å²) in [7, 11) is 1.73. The first-order valence-corrected chi connectivity index (χ1v) is 7.23. The molecule has 0 spiro atoms. The Labute approximate surface area is 116 Å². The topological polar surface area (TPSA) is 18.5 Å². The van der Waals surface area contributed by atoms with Crippen LogP contribution < -0.4 is 0 Å². The molecule has 0 saturated carbocycles. The number of methoxy groups -OCH3 is 1. The quantitative estimate of drug-likeness (QED) is 0.754. The third-order valence-corrected chi connectivity index (χ3v) is 3.62. The number of hydrogen-bond acceptors (Lipinski definition) is 2. The summed E-state index contributed by atoms with van der Waals surface area (Å²) in [5, 5.41) is 0. The lowest BCUT2D eigenvalue weighted by Crippen LogP contribution is -2.07.